The van der Waals surface area contributed by atoms with Crippen LogP contribution in [0.1, 0.15) is 23.6 Å². The number of amides is 2. The molecule has 0 radical (unpaired) electrons. The smallest absolute Gasteiger partial charge is 0.293 e. The number of nitrogens with zero attached hydrogens (tertiary/aromatic N) is 1. The van der Waals surface area contributed by atoms with Crippen LogP contribution in [0.5, 0.6) is 11.5 Å². The average Bonchev–Trinajstić information content (AvgIpc) is 2.97. The van der Waals surface area contributed by atoms with E-state index in [4.69, 9.17) is 9.47 Å². The Morgan fingerprint density at radius 2 is 1.93 bits per heavy atom. The molecule has 0 N–H and O–H groups in total. The fraction of sp³-hybridized carbons (Fsp3) is 0.217. The third-order valence-corrected chi connectivity index (χ3v) is 5.36. The third kappa shape index (κ3) is 4.74. The van der Waals surface area contributed by atoms with Gasteiger partial charge in [0, 0.05) is 5.56 Å². The van der Waals surface area contributed by atoms with E-state index in [1.165, 1.54) is 12.1 Å². The molecule has 1 heterocycles. The highest BCUT2D eigenvalue weighted by molar-refractivity contribution is 8.18. The number of halogens is 1. The van der Waals surface area contributed by atoms with Gasteiger partial charge in [0.05, 0.1) is 25.2 Å². The van der Waals surface area contributed by atoms with Crippen LogP contribution in [0.25, 0.3) is 6.08 Å². The van der Waals surface area contributed by atoms with Crippen LogP contribution in [0.3, 0.4) is 0 Å². The van der Waals surface area contributed by atoms with E-state index >= 15 is 0 Å². The number of carbonyl (C=O) groups excluding carboxylic acids is 2. The first-order valence-corrected chi connectivity index (χ1v) is 10.2. The van der Waals surface area contributed by atoms with Crippen molar-refractivity contribution < 1.29 is 23.5 Å². The molecule has 0 saturated carbocycles. The summed E-state index contributed by atoms with van der Waals surface area (Å²) in [6.07, 6.45) is 4.00. The summed E-state index contributed by atoms with van der Waals surface area (Å²) in [7, 11) is 1.57. The number of methoxy groups -OCH3 is 1. The van der Waals surface area contributed by atoms with Gasteiger partial charge < -0.3 is 9.47 Å². The Balaban J connectivity index is 1.90. The van der Waals surface area contributed by atoms with Gasteiger partial charge >= 0.3 is 0 Å². The van der Waals surface area contributed by atoms with Crippen molar-refractivity contribution in [3.8, 4) is 11.5 Å². The van der Waals surface area contributed by atoms with Gasteiger partial charge in [0.25, 0.3) is 11.1 Å². The first-order chi connectivity index (χ1) is 14.5. The molecule has 1 aliphatic rings. The minimum absolute atomic E-state index is 0.0941. The van der Waals surface area contributed by atoms with Crippen LogP contribution in [0, 0.1) is 5.82 Å². The summed E-state index contributed by atoms with van der Waals surface area (Å²) in [6, 6.07) is 9.39. The van der Waals surface area contributed by atoms with Crippen LogP contribution >= 0.6 is 11.8 Å². The van der Waals surface area contributed by atoms with E-state index in [2.05, 4.69) is 6.58 Å². The molecule has 0 atom stereocenters. The monoisotopic (exact) mass is 427 g/mol. The molecule has 1 saturated heterocycles. The summed E-state index contributed by atoms with van der Waals surface area (Å²) < 4.78 is 24.3. The lowest BCUT2D eigenvalue weighted by molar-refractivity contribution is -0.123. The van der Waals surface area contributed by atoms with Gasteiger partial charge in [-0.05, 0) is 66.6 Å². The number of imide groups is 1. The van der Waals surface area contributed by atoms with Gasteiger partial charge in [-0.15, -0.1) is 6.58 Å². The molecule has 0 aliphatic carbocycles. The number of rotatable bonds is 8. The largest absolute Gasteiger partial charge is 0.493 e. The predicted molar refractivity (Wildman–Crippen MR) is 116 cm³/mol. The highest BCUT2D eigenvalue weighted by Gasteiger charge is 2.35. The van der Waals surface area contributed by atoms with Crippen molar-refractivity contribution in [2.45, 2.75) is 19.9 Å². The van der Waals surface area contributed by atoms with E-state index in [-0.39, 0.29) is 23.5 Å². The predicted octanol–water partition coefficient (Wildman–Crippen LogP) is 5.20. The van der Waals surface area contributed by atoms with E-state index < -0.39 is 0 Å². The molecule has 2 aromatic rings. The van der Waals surface area contributed by atoms with E-state index in [0.717, 1.165) is 27.8 Å². The molecule has 0 aromatic heterocycles. The van der Waals surface area contributed by atoms with E-state index in [9.17, 15) is 14.0 Å². The first-order valence-electron chi connectivity index (χ1n) is 9.41. The number of hydrogen-bond donors (Lipinski definition) is 0. The quantitative estimate of drug-likeness (QED) is 0.428. The Morgan fingerprint density at radius 1 is 1.20 bits per heavy atom. The normalized spacial score (nSPS) is 15.0. The van der Waals surface area contributed by atoms with E-state index in [1.54, 1.807) is 37.5 Å². The second kappa shape index (κ2) is 9.63. The van der Waals surface area contributed by atoms with E-state index in [0.29, 0.717) is 35.0 Å². The molecule has 30 heavy (non-hydrogen) atoms. The number of hydrogen-bond acceptors (Lipinski definition) is 5. The molecule has 1 aliphatic heterocycles. The highest BCUT2D eigenvalue weighted by Crippen LogP contribution is 2.37. The second-order valence-electron chi connectivity index (χ2n) is 6.53. The summed E-state index contributed by atoms with van der Waals surface area (Å²) >= 11 is 0.880. The first kappa shape index (κ1) is 21.6. The zero-order valence-corrected chi connectivity index (χ0v) is 17.6. The van der Waals surface area contributed by atoms with Crippen molar-refractivity contribution in [1.29, 1.82) is 0 Å². The van der Waals surface area contributed by atoms with Gasteiger partial charge in [0.15, 0.2) is 11.5 Å². The molecule has 3 rings (SSSR count). The lowest BCUT2D eigenvalue weighted by Crippen LogP contribution is -2.27. The maximum absolute atomic E-state index is 13.1. The van der Waals surface area contributed by atoms with E-state index in [1.807, 2.05) is 13.0 Å². The Hall–Kier alpha value is -3.06. The van der Waals surface area contributed by atoms with Crippen molar-refractivity contribution in [3.63, 3.8) is 0 Å². The van der Waals surface area contributed by atoms with Crippen LogP contribution in [0.15, 0.2) is 54.0 Å². The van der Waals surface area contributed by atoms with Crippen molar-refractivity contribution in [2.75, 3.05) is 13.7 Å². The molecular weight excluding hydrogens is 405 g/mol. The van der Waals surface area contributed by atoms with Gasteiger partial charge in [-0.2, -0.15) is 0 Å². The fourth-order valence-corrected chi connectivity index (χ4v) is 3.97. The fourth-order valence-electron chi connectivity index (χ4n) is 3.13. The second-order valence-corrected chi connectivity index (χ2v) is 7.52. The summed E-state index contributed by atoms with van der Waals surface area (Å²) in [5.74, 6) is 0.440. The van der Waals surface area contributed by atoms with Crippen LogP contribution in [0.4, 0.5) is 9.18 Å². The Labute approximate surface area is 179 Å². The van der Waals surface area contributed by atoms with Crippen molar-refractivity contribution in [2.24, 2.45) is 0 Å². The maximum atomic E-state index is 13.1. The molecule has 0 unspecified atom stereocenters. The Morgan fingerprint density at radius 3 is 2.57 bits per heavy atom. The third-order valence-electron chi connectivity index (χ3n) is 4.45. The standard InChI is InChI=1S/C23H22FNO4S/c1-4-6-17-11-16(12-19(29-5-2)21(17)28-3)13-20-22(26)25(23(27)30-20)14-15-7-9-18(24)10-8-15/h4,7-13H,1,5-6,14H2,2-3H3/b20-13-. The number of ether oxygens (including phenoxy) is 2. The number of carbonyl (C=O) groups is 2. The number of allylic oxidation sites excluding steroid dienone is 1. The molecule has 1 fully saturated rings. The minimum atomic E-state index is -0.381. The molecule has 0 bridgehead atoms. The SMILES string of the molecule is C=CCc1cc(/C=C2\SC(=O)N(Cc3ccc(F)cc3)C2=O)cc(OCC)c1OC. The van der Waals surface area contributed by atoms with Gasteiger partial charge in [-0.1, -0.05) is 18.2 Å². The topological polar surface area (TPSA) is 55.8 Å². The molecule has 156 valence electrons. The lowest BCUT2D eigenvalue weighted by atomic mass is 10.0. The number of thioether (sulfide) groups is 1. The summed E-state index contributed by atoms with van der Waals surface area (Å²) in [5.41, 5.74) is 2.27. The van der Waals surface area contributed by atoms with Gasteiger partial charge in [0.1, 0.15) is 5.82 Å². The molecule has 2 amide bonds. The van der Waals surface area contributed by atoms with Gasteiger partial charge in [-0.3, -0.25) is 14.5 Å². The summed E-state index contributed by atoms with van der Waals surface area (Å²) in [4.78, 5) is 26.7. The van der Waals surface area contributed by atoms with Crippen LogP contribution in [-0.2, 0) is 17.8 Å². The summed E-state index contributed by atoms with van der Waals surface area (Å²) in [5, 5.41) is -0.361. The van der Waals surface area contributed by atoms with Gasteiger partial charge in [-0.25, -0.2) is 4.39 Å². The molecule has 0 spiro atoms. The molecule has 2 aromatic carbocycles. The lowest BCUT2D eigenvalue weighted by Gasteiger charge is -2.14. The zero-order valence-electron chi connectivity index (χ0n) is 16.8. The van der Waals surface area contributed by atoms with Crippen molar-refractivity contribution in [3.05, 3.63) is 76.5 Å². The molecule has 5 nitrogen and oxygen atoms in total. The summed E-state index contributed by atoms with van der Waals surface area (Å²) in [6.45, 7) is 6.20. The molecular formula is C23H22FNO4S. The Bertz CT molecular complexity index is 1000. The van der Waals surface area contributed by atoms with Crippen LogP contribution < -0.4 is 9.47 Å². The number of benzene rings is 2. The zero-order chi connectivity index (χ0) is 21.7. The average molecular weight is 427 g/mol. The minimum Gasteiger partial charge on any atom is -0.493 e. The maximum Gasteiger partial charge on any atom is 0.293 e. The van der Waals surface area contributed by atoms with Gasteiger partial charge in [0.2, 0.25) is 0 Å². The van der Waals surface area contributed by atoms with Crippen molar-refractivity contribution in [1.82, 2.24) is 4.90 Å². The van der Waals surface area contributed by atoms with Crippen LogP contribution in [-0.4, -0.2) is 29.8 Å². The Kier molecular flexibility index (Phi) is 6.95. The van der Waals surface area contributed by atoms with Crippen LogP contribution in [0.2, 0.25) is 0 Å². The molecule has 7 heteroatoms. The highest BCUT2D eigenvalue weighted by atomic mass is 32.2. The van der Waals surface area contributed by atoms with Crippen molar-refractivity contribution >= 4 is 29.0 Å².